The summed E-state index contributed by atoms with van der Waals surface area (Å²) >= 11 is 1.28. The van der Waals surface area contributed by atoms with Crippen LogP contribution in [0.1, 0.15) is 17.5 Å². The van der Waals surface area contributed by atoms with Gasteiger partial charge in [0.2, 0.25) is 0 Å². The lowest BCUT2D eigenvalue weighted by Gasteiger charge is -1.95. The van der Waals surface area contributed by atoms with Gasteiger partial charge in [-0.3, -0.25) is 4.18 Å². The van der Waals surface area contributed by atoms with Crippen molar-refractivity contribution in [1.29, 1.82) is 0 Å². The molecule has 74 valence electrons. The molecule has 0 amide bonds. The average molecular weight is 221 g/mol. The third-order valence-corrected chi connectivity index (χ3v) is 2.73. The van der Waals surface area contributed by atoms with Crippen molar-refractivity contribution < 1.29 is 12.6 Å². The normalized spacial score (nSPS) is 11.8. The molecule has 6 heteroatoms. The van der Waals surface area contributed by atoms with E-state index in [1.54, 1.807) is 0 Å². The first-order valence-corrected chi connectivity index (χ1v) is 6.39. The fourth-order valence-electron chi connectivity index (χ4n) is 0.756. The monoisotopic (exact) mass is 221 g/mol. The van der Waals surface area contributed by atoms with Gasteiger partial charge in [-0.25, -0.2) is 0 Å². The fraction of sp³-hybridized carbons (Fsp3) is 0.571. The molecule has 1 rings (SSSR count). The lowest BCUT2D eigenvalue weighted by atomic mass is 10.3. The highest BCUT2D eigenvalue weighted by atomic mass is 32.2. The van der Waals surface area contributed by atoms with E-state index < -0.39 is 10.1 Å². The van der Waals surface area contributed by atoms with Crippen molar-refractivity contribution in [2.45, 2.75) is 20.0 Å². The van der Waals surface area contributed by atoms with E-state index in [-0.39, 0.29) is 6.61 Å². The molecule has 0 bridgehead atoms. The molecular formula is C7H11NO3S2. The summed E-state index contributed by atoms with van der Waals surface area (Å²) in [6, 6.07) is 1.86. The van der Waals surface area contributed by atoms with Gasteiger partial charge in [-0.15, -0.1) is 0 Å². The molecule has 0 atom stereocenters. The maximum absolute atomic E-state index is 10.6. The predicted octanol–water partition coefficient (Wildman–Crippen LogP) is 1.18. The quantitative estimate of drug-likeness (QED) is 0.716. The minimum Gasteiger partial charge on any atom is -0.265 e. The molecule has 0 spiro atoms. The van der Waals surface area contributed by atoms with Crippen LogP contribution >= 0.6 is 11.5 Å². The molecule has 13 heavy (non-hydrogen) atoms. The largest absolute Gasteiger partial charge is 0.265 e. The average Bonchev–Trinajstić information content (AvgIpc) is 2.47. The molecule has 0 fully saturated rings. The van der Waals surface area contributed by atoms with E-state index in [1.807, 2.05) is 13.0 Å². The predicted molar refractivity (Wildman–Crippen MR) is 51.1 cm³/mol. The van der Waals surface area contributed by atoms with Crippen molar-refractivity contribution in [3.05, 3.63) is 16.6 Å². The minimum absolute atomic E-state index is 0.0938. The molecule has 0 aromatic carbocycles. The van der Waals surface area contributed by atoms with Gasteiger partial charge in [-0.05, 0) is 24.0 Å². The van der Waals surface area contributed by atoms with Crippen molar-refractivity contribution in [2.24, 2.45) is 0 Å². The van der Waals surface area contributed by atoms with Gasteiger partial charge in [0.1, 0.15) is 6.61 Å². The number of nitrogens with zero attached hydrogens (tertiary/aromatic N) is 1. The number of aryl methyl sites for hydroxylation is 1. The van der Waals surface area contributed by atoms with E-state index in [1.165, 1.54) is 11.5 Å². The summed E-state index contributed by atoms with van der Waals surface area (Å²) in [4.78, 5) is 0.835. The molecule has 0 aliphatic carbocycles. The van der Waals surface area contributed by atoms with Crippen molar-refractivity contribution in [3.8, 4) is 0 Å². The standard InChI is InChI=1S/C7H11NO3S2/c1-3-6-4-7(12-8-6)5-11-13(2,9)10/h4H,3,5H2,1-2H3. The molecule has 1 aromatic heterocycles. The van der Waals surface area contributed by atoms with Crippen molar-refractivity contribution in [3.63, 3.8) is 0 Å². The van der Waals surface area contributed by atoms with Crippen LogP contribution in [0.2, 0.25) is 0 Å². The van der Waals surface area contributed by atoms with Crippen LogP contribution in [0.3, 0.4) is 0 Å². The van der Waals surface area contributed by atoms with E-state index >= 15 is 0 Å². The van der Waals surface area contributed by atoms with Crippen LogP contribution in [0, 0.1) is 0 Å². The van der Waals surface area contributed by atoms with Gasteiger partial charge in [0.05, 0.1) is 16.8 Å². The summed E-state index contributed by atoms with van der Waals surface area (Å²) < 4.78 is 30.0. The van der Waals surface area contributed by atoms with Crippen LogP contribution in [0.25, 0.3) is 0 Å². The molecule has 0 saturated carbocycles. The lowest BCUT2D eigenvalue weighted by molar-refractivity contribution is 0.315. The molecule has 0 unspecified atom stereocenters. The second-order valence-electron chi connectivity index (χ2n) is 2.60. The topological polar surface area (TPSA) is 56.3 Å². The van der Waals surface area contributed by atoms with Gasteiger partial charge >= 0.3 is 0 Å². The maximum atomic E-state index is 10.6. The van der Waals surface area contributed by atoms with Crippen LogP contribution < -0.4 is 0 Å². The van der Waals surface area contributed by atoms with Crippen LogP contribution in [0.4, 0.5) is 0 Å². The van der Waals surface area contributed by atoms with Crippen molar-refractivity contribution >= 4 is 21.7 Å². The van der Waals surface area contributed by atoms with Crippen LogP contribution in [-0.2, 0) is 27.3 Å². The van der Waals surface area contributed by atoms with E-state index in [0.717, 1.165) is 23.2 Å². The van der Waals surface area contributed by atoms with Crippen LogP contribution in [0.5, 0.6) is 0 Å². The molecule has 0 radical (unpaired) electrons. The number of rotatable bonds is 4. The Morgan fingerprint density at radius 1 is 1.62 bits per heavy atom. The molecule has 0 N–H and O–H groups in total. The van der Waals surface area contributed by atoms with Gasteiger partial charge < -0.3 is 0 Å². The second kappa shape index (κ2) is 4.17. The van der Waals surface area contributed by atoms with Gasteiger partial charge in [-0.2, -0.15) is 12.8 Å². The Morgan fingerprint density at radius 2 is 2.31 bits per heavy atom. The highest BCUT2D eigenvalue weighted by molar-refractivity contribution is 7.85. The third-order valence-electron chi connectivity index (χ3n) is 1.39. The number of hydrogen-bond donors (Lipinski definition) is 0. The van der Waals surface area contributed by atoms with Gasteiger partial charge in [0, 0.05) is 0 Å². The molecular weight excluding hydrogens is 210 g/mol. The maximum Gasteiger partial charge on any atom is 0.264 e. The first-order valence-electron chi connectivity index (χ1n) is 3.80. The number of aromatic nitrogens is 1. The molecule has 4 nitrogen and oxygen atoms in total. The molecule has 1 heterocycles. The van der Waals surface area contributed by atoms with Gasteiger partial charge in [0.15, 0.2) is 0 Å². The Kier molecular flexibility index (Phi) is 3.40. The minimum atomic E-state index is -3.34. The van der Waals surface area contributed by atoms with E-state index in [9.17, 15) is 8.42 Å². The highest BCUT2D eigenvalue weighted by Gasteiger charge is 2.05. The van der Waals surface area contributed by atoms with Crippen LogP contribution in [-0.4, -0.2) is 19.0 Å². The second-order valence-corrected chi connectivity index (χ2v) is 5.14. The summed E-state index contributed by atoms with van der Waals surface area (Å²) in [5, 5.41) is 0. The molecule has 1 aromatic rings. The molecule has 0 aliphatic rings. The van der Waals surface area contributed by atoms with Gasteiger partial charge in [-0.1, -0.05) is 6.92 Å². The lowest BCUT2D eigenvalue weighted by Crippen LogP contribution is -2.01. The molecule has 0 saturated heterocycles. The first kappa shape index (κ1) is 10.6. The third kappa shape index (κ3) is 3.84. The van der Waals surface area contributed by atoms with E-state index in [0.29, 0.717) is 0 Å². The van der Waals surface area contributed by atoms with Crippen LogP contribution in [0.15, 0.2) is 6.07 Å². The van der Waals surface area contributed by atoms with E-state index in [2.05, 4.69) is 8.56 Å². The zero-order valence-corrected chi connectivity index (χ0v) is 9.11. The zero-order chi connectivity index (χ0) is 9.90. The SMILES string of the molecule is CCc1cc(COS(C)(=O)=O)sn1. The Morgan fingerprint density at radius 3 is 2.77 bits per heavy atom. The number of hydrogen-bond acceptors (Lipinski definition) is 5. The first-order chi connectivity index (χ1) is 6.01. The summed E-state index contributed by atoms with van der Waals surface area (Å²) in [5.74, 6) is 0. The van der Waals surface area contributed by atoms with E-state index in [4.69, 9.17) is 0 Å². The Balaban J connectivity index is 2.55. The van der Waals surface area contributed by atoms with Gasteiger partial charge in [0.25, 0.3) is 10.1 Å². The summed E-state index contributed by atoms with van der Waals surface area (Å²) in [7, 11) is -3.34. The fourth-order valence-corrected chi connectivity index (χ4v) is 1.89. The zero-order valence-electron chi connectivity index (χ0n) is 7.48. The Hall–Kier alpha value is -0.460. The van der Waals surface area contributed by atoms with Crippen molar-refractivity contribution in [1.82, 2.24) is 4.37 Å². The summed E-state index contributed by atoms with van der Waals surface area (Å²) in [6.45, 7) is 2.09. The summed E-state index contributed by atoms with van der Waals surface area (Å²) in [6.07, 6.45) is 1.89. The molecule has 0 aliphatic heterocycles. The smallest absolute Gasteiger partial charge is 0.264 e. The van der Waals surface area contributed by atoms with Crippen molar-refractivity contribution in [2.75, 3.05) is 6.26 Å². The highest BCUT2D eigenvalue weighted by Crippen LogP contribution is 2.12. The Bertz CT molecular complexity index is 369. The summed E-state index contributed by atoms with van der Waals surface area (Å²) in [5.41, 5.74) is 0.970. The Labute approximate surface area is 81.8 Å².